The zero-order valence-corrected chi connectivity index (χ0v) is 14.1. The van der Waals surface area contributed by atoms with Crippen LogP contribution in [0.2, 0.25) is 0 Å². The van der Waals surface area contributed by atoms with Crippen LogP contribution in [0, 0.1) is 17.8 Å². The van der Waals surface area contributed by atoms with Crippen LogP contribution in [0.4, 0.5) is 0 Å². The molecule has 2 aliphatic carbocycles. The quantitative estimate of drug-likeness (QED) is 0.765. The summed E-state index contributed by atoms with van der Waals surface area (Å²) in [7, 11) is 1.52. The topological polar surface area (TPSA) is 41.6 Å². The average Bonchev–Trinajstić information content (AvgIpc) is 3.01. The summed E-state index contributed by atoms with van der Waals surface area (Å²) >= 11 is 0. The lowest BCUT2D eigenvalue weighted by Crippen LogP contribution is -2.53. The van der Waals surface area contributed by atoms with Crippen LogP contribution in [-0.4, -0.2) is 50.2 Å². The molecule has 4 heteroatoms. The van der Waals surface area contributed by atoms with E-state index >= 15 is 0 Å². The molecule has 1 aliphatic heterocycles. The maximum atomic E-state index is 12.0. The molecule has 22 heavy (non-hydrogen) atoms. The lowest BCUT2D eigenvalue weighted by atomic mass is 9.84. The van der Waals surface area contributed by atoms with Crippen LogP contribution in [0.3, 0.4) is 0 Å². The Morgan fingerprint density at radius 3 is 2.45 bits per heavy atom. The van der Waals surface area contributed by atoms with Gasteiger partial charge in [-0.05, 0) is 50.5 Å². The van der Waals surface area contributed by atoms with Crippen molar-refractivity contribution >= 4 is 5.97 Å². The van der Waals surface area contributed by atoms with E-state index in [2.05, 4.69) is 10.2 Å². The highest BCUT2D eigenvalue weighted by molar-refractivity contribution is 5.72. The zero-order chi connectivity index (χ0) is 15.4. The first-order chi connectivity index (χ1) is 10.7. The predicted octanol–water partition coefficient (Wildman–Crippen LogP) is 2.43. The monoisotopic (exact) mass is 308 g/mol. The first kappa shape index (κ1) is 16.3. The molecule has 0 bridgehead atoms. The Hall–Kier alpha value is -0.610. The average molecular weight is 308 g/mol. The van der Waals surface area contributed by atoms with Crippen molar-refractivity contribution in [3.8, 4) is 0 Å². The lowest BCUT2D eigenvalue weighted by Gasteiger charge is -2.40. The summed E-state index contributed by atoms with van der Waals surface area (Å²) in [6.45, 7) is 4.31. The van der Waals surface area contributed by atoms with E-state index in [4.69, 9.17) is 4.74 Å². The molecule has 1 heterocycles. The first-order valence-corrected chi connectivity index (χ1v) is 9.28. The van der Waals surface area contributed by atoms with E-state index < -0.39 is 0 Å². The first-order valence-electron chi connectivity index (χ1n) is 9.28. The zero-order valence-electron chi connectivity index (χ0n) is 14.1. The van der Waals surface area contributed by atoms with Crippen molar-refractivity contribution < 1.29 is 9.53 Å². The van der Waals surface area contributed by atoms with E-state index in [1.54, 1.807) is 0 Å². The smallest absolute Gasteiger partial charge is 0.310 e. The molecule has 3 fully saturated rings. The third-order valence-corrected chi connectivity index (χ3v) is 5.97. The summed E-state index contributed by atoms with van der Waals surface area (Å²) in [6.07, 6.45) is 10.6. The Morgan fingerprint density at radius 1 is 1.09 bits per heavy atom. The van der Waals surface area contributed by atoms with Gasteiger partial charge in [0, 0.05) is 25.7 Å². The molecule has 3 rings (SSSR count). The minimum Gasteiger partial charge on any atom is -0.469 e. The maximum absolute atomic E-state index is 12.0. The van der Waals surface area contributed by atoms with Gasteiger partial charge >= 0.3 is 5.97 Å². The number of hydrogen-bond donors (Lipinski definition) is 1. The van der Waals surface area contributed by atoms with Crippen molar-refractivity contribution in [3.05, 3.63) is 0 Å². The number of nitrogens with one attached hydrogen (secondary N) is 1. The van der Waals surface area contributed by atoms with Crippen LogP contribution in [0.25, 0.3) is 0 Å². The molecule has 3 aliphatic rings. The standard InChI is InChI=1S/C18H32N2O2/c1-22-18(21)16-9-17(19-10-14-5-2-3-6-14)13-20(12-16)11-15-7-4-8-15/h14-17,19H,2-13H2,1H3. The highest BCUT2D eigenvalue weighted by atomic mass is 16.5. The fourth-order valence-corrected chi connectivity index (χ4v) is 4.41. The van der Waals surface area contributed by atoms with Gasteiger partial charge in [-0.2, -0.15) is 0 Å². The second-order valence-corrected chi connectivity index (χ2v) is 7.73. The molecule has 0 amide bonds. The Labute approximate surface area is 135 Å². The van der Waals surface area contributed by atoms with Gasteiger partial charge in [-0.3, -0.25) is 4.79 Å². The minimum atomic E-state index is -0.0222. The van der Waals surface area contributed by atoms with Crippen LogP contribution >= 0.6 is 0 Å². The number of nitrogens with zero attached hydrogens (tertiary/aromatic N) is 1. The molecule has 0 aromatic heterocycles. The van der Waals surface area contributed by atoms with E-state index in [0.717, 1.165) is 37.9 Å². The number of carbonyl (C=O) groups excluding carboxylic acids is 1. The van der Waals surface area contributed by atoms with E-state index in [1.165, 1.54) is 58.6 Å². The molecule has 1 saturated heterocycles. The Bertz CT molecular complexity index is 364. The molecular formula is C18H32N2O2. The largest absolute Gasteiger partial charge is 0.469 e. The van der Waals surface area contributed by atoms with Crippen LogP contribution in [-0.2, 0) is 9.53 Å². The van der Waals surface area contributed by atoms with Crippen LogP contribution in [0.15, 0.2) is 0 Å². The number of carbonyl (C=O) groups is 1. The van der Waals surface area contributed by atoms with Gasteiger partial charge in [0.1, 0.15) is 0 Å². The van der Waals surface area contributed by atoms with Gasteiger partial charge in [0.15, 0.2) is 0 Å². The van der Waals surface area contributed by atoms with Gasteiger partial charge in [-0.1, -0.05) is 19.3 Å². The van der Waals surface area contributed by atoms with E-state index in [1.807, 2.05) is 0 Å². The van der Waals surface area contributed by atoms with E-state index in [-0.39, 0.29) is 11.9 Å². The Morgan fingerprint density at radius 2 is 1.82 bits per heavy atom. The number of methoxy groups -OCH3 is 1. The molecule has 4 nitrogen and oxygen atoms in total. The number of hydrogen-bond acceptors (Lipinski definition) is 4. The fraction of sp³-hybridized carbons (Fsp3) is 0.944. The van der Waals surface area contributed by atoms with Crippen molar-refractivity contribution in [1.29, 1.82) is 0 Å². The molecule has 1 N–H and O–H groups in total. The normalized spacial score (nSPS) is 31.1. The van der Waals surface area contributed by atoms with Crippen molar-refractivity contribution in [1.82, 2.24) is 10.2 Å². The van der Waals surface area contributed by atoms with Gasteiger partial charge in [0.2, 0.25) is 0 Å². The van der Waals surface area contributed by atoms with E-state index in [0.29, 0.717) is 6.04 Å². The highest BCUT2D eigenvalue weighted by Crippen LogP contribution is 2.29. The summed E-state index contributed by atoms with van der Waals surface area (Å²) in [6, 6.07) is 0.457. The van der Waals surface area contributed by atoms with E-state index in [9.17, 15) is 4.79 Å². The van der Waals surface area contributed by atoms with Gasteiger partial charge in [0.25, 0.3) is 0 Å². The molecule has 2 unspecified atom stereocenters. The molecule has 0 radical (unpaired) electrons. The van der Waals surface area contributed by atoms with Crippen molar-refractivity contribution in [2.24, 2.45) is 17.8 Å². The molecule has 2 atom stereocenters. The fourth-order valence-electron chi connectivity index (χ4n) is 4.41. The second-order valence-electron chi connectivity index (χ2n) is 7.73. The molecule has 0 aromatic rings. The van der Waals surface area contributed by atoms with Crippen LogP contribution < -0.4 is 5.32 Å². The molecular weight excluding hydrogens is 276 g/mol. The molecule has 0 aromatic carbocycles. The van der Waals surface area contributed by atoms with Crippen molar-refractivity contribution in [3.63, 3.8) is 0 Å². The van der Waals surface area contributed by atoms with Gasteiger partial charge in [0.05, 0.1) is 13.0 Å². The third kappa shape index (κ3) is 4.23. The summed E-state index contributed by atoms with van der Waals surface area (Å²) in [5.74, 6) is 1.76. The number of rotatable bonds is 6. The predicted molar refractivity (Wildman–Crippen MR) is 87.7 cm³/mol. The van der Waals surface area contributed by atoms with Crippen LogP contribution in [0.5, 0.6) is 0 Å². The highest BCUT2D eigenvalue weighted by Gasteiger charge is 2.34. The van der Waals surface area contributed by atoms with Crippen LogP contribution in [0.1, 0.15) is 51.4 Å². The van der Waals surface area contributed by atoms with Crippen molar-refractivity contribution in [2.75, 3.05) is 33.3 Å². The summed E-state index contributed by atoms with van der Waals surface area (Å²) in [5, 5.41) is 3.76. The van der Waals surface area contributed by atoms with Crippen molar-refractivity contribution in [2.45, 2.75) is 57.4 Å². The number of piperidine rings is 1. The summed E-state index contributed by atoms with van der Waals surface area (Å²) in [5.41, 5.74) is 0. The SMILES string of the molecule is COC(=O)C1CC(NCC2CCCC2)CN(CC2CCC2)C1. The molecule has 126 valence electrons. The van der Waals surface area contributed by atoms with Gasteiger partial charge < -0.3 is 15.0 Å². The number of likely N-dealkylation sites (tertiary alicyclic amines) is 1. The maximum Gasteiger partial charge on any atom is 0.310 e. The van der Waals surface area contributed by atoms with Gasteiger partial charge in [-0.15, -0.1) is 0 Å². The summed E-state index contributed by atoms with van der Waals surface area (Å²) in [4.78, 5) is 14.5. The minimum absolute atomic E-state index is 0.0222. The summed E-state index contributed by atoms with van der Waals surface area (Å²) < 4.78 is 5.02. The second kappa shape index (κ2) is 7.78. The molecule has 2 saturated carbocycles. The third-order valence-electron chi connectivity index (χ3n) is 5.97. The lowest BCUT2D eigenvalue weighted by molar-refractivity contribution is -0.148. The molecule has 0 spiro atoms. The number of ether oxygens (including phenoxy) is 1. The number of esters is 1. The Kier molecular flexibility index (Phi) is 5.75. The van der Waals surface area contributed by atoms with Gasteiger partial charge in [-0.25, -0.2) is 0 Å². The Balaban J connectivity index is 1.51.